The second kappa shape index (κ2) is 46.3. The van der Waals surface area contributed by atoms with E-state index in [1.807, 2.05) is 6.08 Å². The number of esters is 3. The molecular weight excluding hydrogens is 721 g/mol. The van der Waals surface area contributed by atoms with Crippen LogP contribution in [0.1, 0.15) is 207 Å². The Balaban J connectivity index is 4.54. The Morgan fingerprint density at radius 1 is 0.345 bits per heavy atom. The highest BCUT2D eigenvalue weighted by Crippen LogP contribution is 2.11. The summed E-state index contributed by atoms with van der Waals surface area (Å²) in [6, 6.07) is 0. The molecule has 0 saturated carbocycles. The first-order chi connectivity index (χ1) is 28.5. The van der Waals surface area contributed by atoms with Crippen LogP contribution in [0.3, 0.4) is 0 Å². The van der Waals surface area contributed by atoms with E-state index in [2.05, 4.69) is 99.8 Å². The number of hydrogen-bond donors (Lipinski definition) is 0. The fourth-order valence-electron chi connectivity index (χ4n) is 6.00. The Bertz CT molecular complexity index is 1160. The smallest absolute Gasteiger partial charge is 0.306 e. The second-order valence-corrected chi connectivity index (χ2v) is 15.3. The summed E-state index contributed by atoms with van der Waals surface area (Å²) in [5.41, 5.74) is 0. The fraction of sp³-hybridized carbons (Fsp3) is 0.673. The highest BCUT2D eigenvalue weighted by Gasteiger charge is 2.19. The van der Waals surface area contributed by atoms with Gasteiger partial charge < -0.3 is 14.2 Å². The molecule has 0 aromatic rings. The van der Waals surface area contributed by atoms with Gasteiger partial charge in [0, 0.05) is 19.3 Å². The molecule has 1 atom stereocenters. The van der Waals surface area contributed by atoms with Gasteiger partial charge in [-0.15, -0.1) is 0 Å². The molecule has 0 heterocycles. The Hall–Kier alpha value is -3.41. The zero-order valence-corrected chi connectivity index (χ0v) is 37.5. The van der Waals surface area contributed by atoms with Gasteiger partial charge in [0.05, 0.1) is 0 Å². The van der Waals surface area contributed by atoms with Crippen molar-refractivity contribution in [2.45, 2.75) is 213 Å². The normalized spacial score (nSPS) is 12.8. The Morgan fingerprint density at radius 3 is 1.21 bits per heavy atom. The number of allylic oxidation sites excluding steroid dienone is 14. The van der Waals surface area contributed by atoms with Gasteiger partial charge in [-0.25, -0.2) is 0 Å². The quantitative estimate of drug-likeness (QED) is 0.0265. The molecule has 0 N–H and O–H groups in total. The lowest BCUT2D eigenvalue weighted by atomic mass is 10.1. The van der Waals surface area contributed by atoms with Gasteiger partial charge in [0.15, 0.2) is 6.10 Å². The minimum absolute atomic E-state index is 0.123. The number of ether oxygens (including phenoxy) is 3. The van der Waals surface area contributed by atoms with Crippen molar-refractivity contribution in [2.24, 2.45) is 0 Å². The number of unbranched alkanes of at least 4 members (excludes halogenated alkanes) is 16. The summed E-state index contributed by atoms with van der Waals surface area (Å²) in [4.78, 5) is 37.7. The zero-order chi connectivity index (χ0) is 42.3. The molecule has 0 aromatic heterocycles. The summed E-state index contributed by atoms with van der Waals surface area (Å²) >= 11 is 0. The summed E-state index contributed by atoms with van der Waals surface area (Å²) in [5, 5.41) is 0. The molecule has 0 saturated heterocycles. The molecule has 0 aliphatic carbocycles. The Morgan fingerprint density at radius 2 is 0.690 bits per heavy atom. The molecule has 6 heteroatoms. The number of hydrogen-bond acceptors (Lipinski definition) is 6. The molecule has 0 aliphatic heterocycles. The van der Waals surface area contributed by atoms with Gasteiger partial charge in [-0.05, 0) is 96.3 Å². The summed E-state index contributed by atoms with van der Waals surface area (Å²) in [5.74, 6) is -1.07. The molecule has 58 heavy (non-hydrogen) atoms. The standard InChI is InChI=1S/C52H86O6/c1-4-7-10-13-16-19-22-24-25-26-27-29-30-33-36-39-42-45-51(54)57-48-49(47-56-50(53)44-41-38-35-32-21-18-15-12-9-6-3)58-52(55)46-43-40-37-34-31-28-23-20-17-14-11-8-5-2/h15-16,18-19,24-25,27-29,31,33,36-37,40,49H,4-14,17,20-23,26,30,32,34-35,38-39,41-48H2,1-3H3/b18-15-,19-16-,25-24-,29-27-,31-28-,36-33-,40-37-. The van der Waals surface area contributed by atoms with Crippen LogP contribution in [0, 0.1) is 0 Å². The van der Waals surface area contributed by atoms with Crippen molar-refractivity contribution in [1.82, 2.24) is 0 Å². The summed E-state index contributed by atoms with van der Waals surface area (Å²) in [6.07, 6.45) is 58.7. The summed E-state index contributed by atoms with van der Waals surface area (Å²) in [6.45, 7) is 6.42. The van der Waals surface area contributed by atoms with Gasteiger partial charge in [0.25, 0.3) is 0 Å². The van der Waals surface area contributed by atoms with Crippen LogP contribution in [0.5, 0.6) is 0 Å². The molecule has 330 valence electrons. The fourth-order valence-corrected chi connectivity index (χ4v) is 6.00. The lowest BCUT2D eigenvalue weighted by Crippen LogP contribution is -2.30. The van der Waals surface area contributed by atoms with Crippen LogP contribution < -0.4 is 0 Å². The van der Waals surface area contributed by atoms with Crippen LogP contribution >= 0.6 is 0 Å². The number of carbonyl (C=O) groups is 3. The van der Waals surface area contributed by atoms with Crippen LogP contribution in [-0.4, -0.2) is 37.2 Å². The summed E-state index contributed by atoms with van der Waals surface area (Å²) in [7, 11) is 0. The first kappa shape index (κ1) is 54.6. The predicted molar refractivity (Wildman–Crippen MR) is 247 cm³/mol. The molecule has 0 amide bonds. The van der Waals surface area contributed by atoms with Gasteiger partial charge in [-0.1, -0.05) is 176 Å². The molecule has 1 unspecified atom stereocenters. The van der Waals surface area contributed by atoms with Crippen molar-refractivity contribution >= 4 is 17.9 Å². The van der Waals surface area contributed by atoms with E-state index in [9.17, 15) is 14.4 Å². The van der Waals surface area contributed by atoms with Crippen molar-refractivity contribution in [2.75, 3.05) is 13.2 Å². The van der Waals surface area contributed by atoms with Crippen molar-refractivity contribution in [3.05, 3.63) is 85.1 Å². The third-order valence-corrected chi connectivity index (χ3v) is 9.61. The van der Waals surface area contributed by atoms with Crippen LogP contribution in [0.25, 0.3) is 0 Å². The first-order valence-electron chi connectivity index (χ1n) is 23.6. The van der Waals surface area contributed by atoms with Gasteiger partial charge in [-0.3, -0.25) is 14.4 Å². The minimum Gasteiger partial charge on any atom is -0.462 e. The van der Waals surface area contributed by atoms with E-state index in [4.69, 9.17) is 14.2 Å². The molecule has 0 aromatic carbocycles. The van der Waals surface area contributed by atoms with Gasteiger partial charge >= 0.3 is 17.9 Å². The van der Waals surface area contributed by atoms with Crippen LogP contribution in [-0.2, 0) is 28.6 Å². The maximum atomic E-state index is 12.7. The van der Waals surface area contributed by atoms with Crippen LogP contribution in [0.15, 0.2) is 85.1 Å². The molecule has 0 radical (unpaired) electrons. The average molecular weight is 807 g/mol. The lowest BCUT2D eigenvalue weighted by molar-refractivity contribution is -0.166. The molecule has 0 bridgehead atoms. The maximum absolute atomic E-state index is 12.7. The molecule has 6 nitrogen and oxygen atoms in total. The molecule has 0 rings (SSSR count). The van der Waals surface area contributed by atoms with E-state index in [1.165, 1.54) is 77.0 Å². The Labute approximate surface area is 356 Å². The van der Waals surface area contributed by atoms with E-state index in [0.717, 1.165) is 77.0 Å². The monoisotopic (exact) mass is 807 g/mol. The van der Waals surface area contributed by atoms with Crippen molar-refractivity contribution in [3.8, 4) is 0 Å². The number of carbonyl (C=O) groups excluding carboxylic acids is 3. The number of rotatable bonds is 41. The van der Waals surface area contributed by atoms with Gasteiger partial charge in [0.1, 0.15) is 13.2 Å². The van der Waals surface area contributed by atoms with Gasteiger partial charge in [0.2, 0.25) is 0 Å². The largest absolute Gasteiger partial charge is 0.462 e. The Kier molecular flexibility index (Phi) is 43.6. The van der Waals surface area contributed by atoms with E-state index in [1.54, 1.807) is 0 Å². The zero-order valence-electron chi connectivity index (χ0n) is 37.5. The topological polar surface area (TPSA) is 78.9 Å². The molecule has 0 spiro atoms. The third kappa shape index (κ3) is 43.7. The SMILES string of the molecule is CCCC/C=C\CCCCCCC(=O)OCC(COC(=O)CCC/C=C\C/C=C\C/C=C\C/C=C\CCCCC)OC(=O)CC/C=C\C/C=C\CCCCCCCC. The van der Waals surface area contributed by atoms with Crippen molar-refractivity contribution in [3.63, 3.8) is 0 Å². The average Bonchev–Trinajstić information content (AvgIpc) is 3.22. The van der Waals surface area contributed by atoms with Crippen molar-refractivity contribution < 1.29 is 28.6 Å². The molecule has 0 aliphatic rings. The predicted octanol–water partition coefficient (Wildman–Crippen LogP) is 15.3. The van der Waals surface area contributed by atoms with Gasteiger partial charge in [-0.2, -0.15) is 0 Å². The minimum atomic E-state index is -0.831. The van der Waals surface area contributed by atoms with E-state index < -0.39 is 12.1 Å². The van der Waals surface area contributed by atoms with E-state index in [-0.39, 0.29) is 38.0 Å². The maximum Gasteiger partial charge on any atom is 0.306 e. The van der Waals surface area contributed by atoms with Crippen molar-refractivity contribution in [1.29, 1.82) is 0 Å². The van der Waals surface area contributed by atoms with Crippen LogP contribution in [0.2, 0.25) is 0 Å². The molecular formula is C52H86O6. The molecule has 0 fully saturated rings. The summed E-state index contributed by atoms with van der Waals surface area (Å²) < 4.78 is 16.6. The first-order valence-corrected chi connectivity index (χ1v) is 23.6. The van der Waals surface area contributed by atoms with Crippen LogP contribution in [0.4, 0.5) is 0 Å². The second-order valence-electron chi connectivity index (χ2n) is 15.3. The van der Waals surface area contributed by atoms with E-state index >= 15 is 0 Å². The van der Waals surface area contributed by atoms with E-state index in [0.29, 0.717) is 19.3 Å². The highest BCUT2D eigenvalue weighted by atomic mass is 16.6. The highest BCUT2D eigenvalue weighted by molar-refractivity contribution is 5.71. The lowest BCUT2D eigenvalue weighted by Gasteiger charge is -2.18. The third-order valence-electron chi connectivity index (χ3n) is 9.61.